The third kappa shape index (κ3) is 3.89. The lowest BCUT2D eigenvalue weighted by Crippen LogP contribution is -2.12. The number of nitrogens with one attached hydrogen (secondary N) is 2. The van der Waals surface area contributed by atoms with Crippen LogP contribution in [0.3, 0.4) is 0 Å². The number of aromatic nitrogens is 1. The van der Waals surface area contributed by atoms with Crippen LogP contribution >= 0.6 is 11.3 Å². The van der Waals surface area contributed by atoms with Crippen LogP contribution in [0, 0.1) is 10.1 Å². The number of carbonyl (C=O) groups excluding carboxylic acids is 1. The zero-order chi connectivity index (χ0) is 20.4. The number of hydrogen-bond acceptors (Lipinski definition) is 9. The second kappa shape index (κ2) is 7.64. The van der Waals surface area contributed by atoms with Crippen molar-refractivity contribution in [3.8, 4) is 17.2 Å². The Morgan fingerprint density at radius 1 is 1.21 bits per heavy atom. The third-order valence-corrected chi connectivity index (χ3v) is 4.75. The van der Waals surface area contributed by atoms with Crippen molar-refractivity contribution in [2.75, 3.05) is 24.5 Å². The predicted octanol–water partition coefficient (Wildman–Crippen LogP) is 3.78. The van der Waals surface area contributed by atoms with E-state index in [2.05, 4.69) is 15.6 Å². The lowest BCUT2D eigenvalue weighted by molar-refractivity contribution is -0.385. The first-order valence-corrected chi connectivity index (χ1v) is 9.17. The minimum Gasteiger partial charge on any atom is -0.490 e. The van der Waals surface area contributed by atoms with Gasteiger partial charge in [-0.1, -0.05) is 0 Å². The van der Waals surface area contributed by atoms with Gasteiger partial charge in [-0.05, 0) is 24.3 Å². The summed E-state index contributed by atoms with van der Waals surface area (Å²) in [6.45, 7) is 0.184. The number of methoxy groups -OCH3 is 1. The number of thiazole rings is 1. The summed E-state index contributed by atoms with van der Waals surface area (Å²) in [6, 6.07) is 9.53. The smallest absolute Gasteiger partial charge is 0.312 e. The first-order valence-electron chi connectivity index (χ1n) is 8.29. The Kier molecular flexibility index (Phi) is 4.87. The van der Waals surface area contributed by atoms with Crippen molar-refractivity contribution in [3.63, 3.8) is 0 Å². The molecular weight excluding hydrogens is 400 g/mol. The third-order valence-electron chi connectivity index (χ3n) is 3.99. The van der Waals surface area contributed by atoms with Crippen LogP contribution in [-0.2, 0) is 0 Å². The summed E-state index contributed by atoms with van der Waals surface area (Å²) in [5, 5.41) is 18.9. The number of fused-ring (bicyclic) bond motifs is 1. The van der Waals surface area contributed by atoms with E-state index in [-0.39, 0.29) is 29.6 Å². The van der Waals surface area contributed by atoms with E-state index in [1.165, 1.54) is 36.6 Å². The fourth-order valence-corrected chi connectivity index (χ4v) is 3.35. The summed E-state index contributed by atoms with van der Waals surface area (Å²) in [5.41, 5.74) is 0.938. The standard InChI is InChI=1S/C18H14N4O6S/c1-26-14-4-2-10(6-13(14)22(24)25)19-17(23)12-8-29-18(21-12)20-11-3-5-15-16(7-11)28-9-27-15/h2-8H,9H2,1H3,(H,19,23)(H,20,21). The fraction of sp³-hybridized carbons (Fsp3) is 0.111. The van der Waals surface area contributed by atoms with Crippen molar-refractivity contribution in [1.29, 1.82) is 0 Å². The molecule has 0 saturated carbocycles. The molecule has 4 rings (SSSR count). The molecule has 0 saturated heterocycles. The molecule has 0 atom stereocenters. The SMILES string of the molecule is COc1ccc(NC(=O)c2csc(Nc3ccc4c(c3)OCO4)n2)cc1[N+](=O)[O-]. The number of anilines is 3. The molecule has 10 nitrogen and oxygen atoms in total. The Bertz CT molecular complexity index is 1100. The monoisotopic (exact) mass is 414 g/mol. The maximum atomic E-state index is 12.4. The van der Waals surface area contributed by atoms with Crippen LogP contribution in [0.1, 0.15) is 10.5 Å². The van der Waals surface area contributed by atoms with Crippen molar-refractivity contribution in [1.82, 2.24) is 4.98 Å². The van der Waals surface area contributed by atoms with Gasteiger partial charge in [-0.2, -0.15) is 0 Å². The Labute approximate surface area is 168 Å². The molecule has 29 heavy (non-hydrogen) atoms. The van der Waals surface area contributed by atoms with Crippen molar-refractivity contribution < 1.29 is 23.9 Å². The molecule has 1 amide bonds. The lowest BCUT2D eigenvalue weighted by atomic mass is 10.2. The van der Waals surface area contributed by atoms with Gasteiger partial charge in [0.25, 0.3) is 5.91 Å². The molecule has 2 aromatic carbocycles. The first kappa shape index (κ1) is 18.5. The van der Waals surface area contributed by atoms with Gasteiger partial charge in [-0.15, -0.1) is 11.3 Å². The van der Waals surface area contributed by atoms with Crippen LogP contribution in [0.4, 0.5) is 22.2 Å². The molecule has 2 heterocycles. The number of carbonyl (C=O) groups is 1. The highest BCUT2D eigenvalue weighted by Gasteiger charge is 2.18. The van der Waals surface area contributed by atoms with Crippen LogP contribution in [0.15, 0.2) is 41.8 Å². The summed E-state index contributed by atoms with van der Waals surface area (Å²) in [5.74, 6) is 0.922. The van der Waals surface area contributed by atoms with Gasteiger partial charge in [0.05, 0.1) is 12.0 Å². The normalized spacial score (nSPS) is 11.8. The maximum Gasteiger partial charge on any atom is 0.312 e. The summed E-state index contributed by atoms with van der Waals surface area (Å²) in [7, 11) is 1.34. The van der Waals surface area contributed by atoms with Crippen molar-refractivity contribution >= 4 is 39.4 Å². The highest BCUT2D eigenvalue weighted by molar-refractivity contribution is 7.14. The molecule has 0 fully saturated rings. The number of rotatable bonds is 6. The molecule has 2 N–H and O–H groups in total. The highest BCUT2D eigenvalue weighted by Crippen LogP contribution is 2.35. The molecule has 1 aromatic heterocycles. The largest absolute Gasteiger partial charge is 0.490 e. The number of hydrogen-bond donors (Lipinski definition) is 2. The molecule has 1 aliphatic heterocycles. The Morgan fingerprint density at radius 2 is 2.00 bits per heavy atom. The average Bonchev–Trinajstić information content (AvgIpc) is 3.37. The summed E-state index contributed by atoms with van der Waals surface area (Å²) < 4.78 is 15.5. The number of amides is 1. The average molecular weight is 414 g/mol. The quantitative estimate of drug-likeness (QED) is 0.461. The van der Waals surface area contributed by atoms with Gasteiger partial charge in [-0.25, -0.2) is 4.98 Å². The fourth-order valence-electron chi connectivity index (χ4n) is 2.64. The molecule has 3 aromatic rings. The van der Waals surface area contributed by atoms with Crippen molar-refractivity contribution in [2.45, 2.75) is 0 Å². The Morgan fingerprint density at radius 3 is 2.79 bits per heavy atom. The van der Waals surface area contributed by atoms with E-state index in [1.54, 1.807) is 17.5 Å². The van der Waals surface area contributed by atoms with Gasteiger partial charge in [0.2, 0.25) is 6.79 Å². The van der Waals surface area contributed by atoms with E-state index in [0.717, 1.165) is 5.69 Å². The number of nitro benzene ring substituents is 1. The molecule has 0 radical (unpaired) electrons. The maximum absolute atomic E-state index is 12.4. The summed E-state index contributed by atoms with van der Waals surface area (Å²) >= 11 is 1.25. The lowest BCUT2D eigenvalue weighted by Gasteiger charge is -2.06. The van der Waals surface area contributed by atoms with E-state index < -0.39 is 10.8 Å². The van der Waals surface area contributed by atoms with Crippen LogP contribution < -0.4 is 24.8 Å². The summed E-state index contributed by atoms with van der Waals surface area (Å²) in [6.07, 6.45) is 0. The number of ether oxygens (including phenoxy) is 3. The van der Waals surface area contributed by atoms with Crippen LogP contribution in [0.2, 0.25) is 0 Å². The topological polar surface area (TPSA) is 125 Å². The van der Waals surface area contributed by atoms with E-state index in [0.29, 0.717) is 16.6 Å². The summed E-state index contributed by atoms with van der Waals surface area (Å²) in [4.78, 5) is 27.2. The molecule has 148 valence electrons. The van der Waals surface area contributed by atoms with Gasteiger partial charge in [0, 0.05) is 28.9 Å². The minimum atomic E-state index is -0.579. The first-order chi connectivity index (χ1) is 14.0. The van der Waals surface area contributed by atoms with Gasteiger partial charge in [0.15, 0.2) is 22.4 Å². The van der Waals surface area contributed by atoms with E-state index in [9.17, 15) is 14.9 Å². The molecule has 0 unspecified atom stereocenters. The van der Waals surface area contributed by atoms with Gasteiger partial charge < -0.3 is 24.8 Å². The van der Waals surface area contributed by atoms with E-state index in [1.807, 2.05) is 6.07 Å². The van der Waals surface area contributed by atoms with Crippen LogP contribution in [-0.4, -0.2) is 29.7 Å². The molecule has 0 bridgehead atoms. The molecular formula is C18H14N4O6S. The van der Waals surface area contributed by atoms with E-state index >= 15 is 0 Å². The second-order valence-corrected chi connectivity index (χ2v) is 6.69. The number of benzene rings is 2. The van der Waals surface area contributed by atoms with Gasteiger partial charge in [0.1, 0.15) is 5.69 Å². The van der Waals surface area contributed by atoms with E-state index in [4.69, 9.17) is 14.2 Å². The van der Waals surface area contributed by atoms with Crippen molar-refractivity contribution in [2.24, 2.45) is 0 Å². The molecule has 0 spiro atoms. The predicted molar refractivity (Wildman–Crippen MR) is 106 cm³/mol. The molecule has 11 heteroatoms. The Balaban J connectivity index is 1.46. The Hall–Kier alpha value is -3.86. The van der Waals surface area contributed by atoms with Crippen molar-refractivity contribution in [3.05, 3.63) is 57.6 Å². The molecule has 1 aliphatic rings. The number of nitrogens with zero attached hydrogens (tertiary/aromatic N) is 2. The minimum absolute atomic E-state index is 0.108. The number of nitro groups is 1. The zero-order valence-corrected chi connectivity index (χ0v) is 15.8. The van der Waals surface area contributed by atoms with Crippen LogP contribution in [0.5, 0.6) is 17.2 Å². The molecule has 0 aliphatic carbocycles. The van der Waals surface area contributed by atoms with Crippen LogP contribution in [0.25, 0.3) is 0 Å². The zero-order valence-electron chi connectivity index (χ0n) is 15.0. The van der Waals surface area contributed by atoms with Gasteiger partial charge in [-0.3, -0.25) is 14.9 Å². The van der Waals surface area contributed by atoms with Gasteiger partial charge >= 0.3 is 5.69 Å². The highest BCUT2D eigenvalue weighted by atomic mass is 32.1. The second-order valence-electron chi connectivity index (χ2n) is 5.83.